The number of ether oxygens (including phenoxy) is 1. The van der Waals surface area contributed by atoms with Gasteiger partial charge in [0.15, 0.2) is 0 Å². The first-order chi connectivity index (χ1) is 8.31. The molecule has 17 heavy (non-hydrogen) atoms. The van der Waals surface area contributed by atoms with Crippen molar-refractivity contribution >= 4 is 5.91 Å². The molecule has 1 aliphatic carbocycles. The number of carbonyl (C=O) groups is 1. The van der Waals surface area contributed by atoms with E-state index in [-0.39, 0.29) is 12.1 Å². The number of nitrogens with one attached hydrogen (secondary N) is 1. The number of rotatable bonds is 8. The van der Waals surface area contributed by atoms with Gasteiger partial charge in [-0.2, -0.15) is 0 Å². The van der Waals surface area contributed by atoms with Gasteiger partial charge >= 0.3 is 0 Å². The van der Waals surface area contributed by atoms with Crippen molar-refractivity contribution in [1.29, 1.82) is 0 Å². The molecule has 2 fully saturated rings. The largest absolute Gasteiger partial charge is 0.381 e. The summed E-state index contributed by atoms with van der Waals surface area (Å²) < 4.78 is 5.59. The highest BCUT2D eigenvalue weighted by molar-refractivity contribution is 5.80. The molecule has 98 valence electrons. The van der Waals surface area contributed by atoms with Crippen LogP contribution in [0, 0.1) is 5.92 Å². The summed E-state index contributed by atoms with van der Waals surface area (Å²) in [6.07, 6.45) is 6.06. The molecule has 0 radical (unpaired) electrons. The number of carbonyl (C=O) groups excluding carboxylic acids is 1. The Morgan fingerprint density at radius 1 is 1.47 bits per heavy atom. The minimum atomic E-state index is 0.241. The van der Waals surface area contributed by atoms with Crippen LogP contribution in [0.4, 0.5) is 0 Å². The smallest absolute Gasteiger partial charge is 0.237 e. The monoisotopic (exact) mass is 240 g/mol. The molecule has 0 aromatic heterocycles. The zero-order chi connectivity index (χ0) is 12.1. The fourth-order valence-electron chi connectivity index (χ4n) is 2.27. The van der Waals surface area contributed by atoms with E-state index in [0.29, 0.717) is 6.54 Å². The van der Waals surface area contributed by atoms with Crippen molar-refractivity contribution in [2.45, 2.75) is 45.2 Å². The summed E-state index contributed by atoms with van der Waals surface area (Å²) in [5, 5.41) is 3.26. The second-order valence-electron chi connectivity index (χ2n) is 5.14. The second kappa shape index (κ2) is 6.36. The van der Waals surface area contributed by atoms with Gasteiger partial charge in [-0.25, -0.2) is 0 Å². The molecular formula is C13H24N2O2. The molecule has 2 aliphatic rings. The molecule has 4 nitrogen and oxygen atoms in total. The molecule has 0 bridgehead atoms. The Morgan fingerprint density at radius 3 is 3.00 bits per heavy atom. The van der Waals surface area contributed by atoms with Crippen LogP contribution >= 0.6 is 0 Å². The van der Waals surface area contributed by atoms with E-state index >= 15 is 0 Å². The third-order valence-electron chi connectivity index (χ3n) is 3.49. The molecule has 1 saturated carbocycles. The van der Waals surface area contributed by atoms with Gasteiger partial charge in [-0.15, -0.1) is 0 Å². The lowest BCUT2D eigenvalue weighted by molar-refractivity contribution is -0.128. The van der Waals surface area contributed by atoms with Gasteiger partial charge in [0, 0.05) is 19.8 Å². The van der Waals surface area contributed by atoms with Crippen LogP contribution in [0.15, 0.2) is 0 Å². The quantitative estimate of drug-likeness (QED) is 0.651. The van der Waals surface area contributed by atoms with E-state index in [9.17, 15) is 4.79 Å². The second-order valence-corrected chi connectivity index (χ2v) is 5.14. The Morgan fingerprint density at radius 2 is 2.29 bits per heavy atom. The highest BCUT2D eigenvalue weighted by Gasteiger charge is 2.28. The molecule has 0 aromatic carbocycles. The van der Waals surface area contributed by atoms with Gasteiger partial charge in [0.2, 0.25) is 5.91 Å². The Labute approximate surface area is 104 Å². The van der Waals surface area contributed by atoms with Gasteiger partial charge in [0.05, 0.1) is 12.7 Å². The first kappa shape index (κ1) is 12.8. The highest BCUT2D eigenvalue weighted by atomic mass is 16.5. The summed E-state index contributed by atoms with van der Waals surface area (Å²) in [5.41, 5.74) is 0. The van der Waals surface area contributed by atoms with E-state index in [1.54, 1.807) is 0 Å². The van der Waals surface area contributed by atoms with Gasteiger partial charge in [0.1, 0.15) is 0 Å². The number of hydrogen-bond donors (Lipinski definition) is 1. The molecule has 1 aliphatic heterocycles. The van der Waals surface area contributed by atoms with E-state index in [1.165, 1.54) is 12.8 Å². The maximum Gasteiger partial charge on any atom is 0.237 e. The van der Waals surface area contributed by atoms with Crippen LogP contribution in [0.1, 0.15) is 39.0 Å². The highest BCUT2D eigenvalue weighted by Crippen LogP contribution is 2.28. The normalized spacial score (nSPS) is 24.6. The van der Waals surface area contributed by atoms with E-state index in [4.69, 9.17) is 4.74 Å². The minimum absolute atomic E-state index is 0.241. The number of nitrogens with zero attached hydrogens (tertiary/aromatic N) is 1. The molecule has 1 unspecified atom stereocenters. The van der Waals surface area contributed by atoms with Crippen LogP contribution in [0.2, 0.25) is 0 Å². The van der Waals surface area contributed by atoms with Crippen molar-refractivity contribution in [2.75, 3.05) is 26.3 Å². The van der Waals surface area contributed by atoms with Crippen LogP contribution in [0.3, 0.4) is 0 Å². The SMILES string of the molecule is CCCC1NCC(=O)N1CCCOCC1CC1. The lowest BCUT2D eigenvalue weighted by Gasteiger charge is -2.23. The summed E-state index contributed by atoms with van der Waals surface area (Å²) in [6.45, 7) is 5.21. The molecule has 1 heterocycles. The van der Waals surface area contributed by atoms with Crippen LogP contribution in [0.25, 0.3) is 0 Å². The van der Waals surface area contributed by atoms with Gasteiger partial charge in [-0.05, 0) is 31.6 Å². The van der Waals surface area contributed by atoms with Crippen molar-refractivity contribution in [3.8, 4) is 0 Å². The van der Waals surface area contributed by atoms with Crippen molar-refractivity contribution in [1.82, 2.24) is 10.2 Å². The fourth-order valence-corrected chi connectivity index (χ4v) is 2.27. The number of amides is 1. The first-order valence-corrected chi connectivity index (χ1v) is 6.92. The molecule has 1 amide bonds. The van der Waals surface area contributed by atoms with Crippen LogP contribution < -0.4 is 5.32 Å². The maximum atomic E-state index is 11.7. The molecule has 4 heteroatoms. The predicted octanol–water partition coefficient (Wildman–Crippen LogP) is 1.36. The maximum absolute atomic E-state index is 11.7. The first-order valence-electron chi connectivity index (χ1n) is 6.92. The van der Waals surface area contributed by atoms with Crippen molar-refractivity contribution in [3.05, 3.63) is 0 Å². The Kier molecular flexibility index (Phi) is 4.80. The van der Waals surface area contributed by atoms with E-state index in [0.717, 1.165) is 44.9 Å². The standard InChI is InChI=1S/C13H24N2O2/c1-2-4-12-14-9-13(16)15(12)7-3-8-17-10-11-5-6-11/h11-12,14H,2-10H2,1H3. The lowest BCUT2D eigenvalue weighted by Crippen LogP contribution is -2.38. The Bertz CT molecular complexity index is 254. The van der Waals surface area contributed by atoms with E-state index in [2.05, 4.69) is 12.2 Å². The summed E-state index contributed by atoms with van der Waals surface area (Å²) in [7, 11) is 0. The van der Waals surface area contributed by atoms with E-state index in [1.807, 2.05) is 4.90 Å². The van der Waals surface area contributed by atoms with Crippen molar-refractivity contribution in [3.63, 3.8) is 0 Å². The number of hydrogen-bond acceptors (Lipinski definition) is 3. The third-order valence-corrected chi connectivity index (χ3v) is 3.49. The lowest BCUT2D eigenvalue weighted by atomic mass is 10.2. The predicted molar refractivity (Wildman–Crippen MR) is 66.6 cm³/mol. The average molecular weight is 240 g/mol. The summed E-state index contributed by atoms with van der Waals surface area (Å²) in [6, 6.07) is 0. The molecule has 1 N–H and O–H groups in total. The Hall–Kier alpha value is -0.610. The molecule has 2 rings (SSSR count). The van der Waals surface area contributed by atoms with Gasteiger partial charge in [-0.3, -0.25) is 10.1 Å². The molecular weight excluding hydrogens is 216 g/mol. The van der Waals surface area contributed by atoms with Gasteiger partial charge in [0.25, 0.3) is 0 Å². The van der Waals surface area contributed by atoms with Crippen LogP contribution in [0.5, 0.6) is 0 Å². The Balaban J connectivity index is 1.59. The molecule has 1 atom stereocenters. The topological polar surface area (TPSA) is 41.6 Å². The molecule has 0 aromatic rings. The average Bonchev–Trinajstić information content (AvgIpc) is 3.07. The summed E-state index contributed by atoms with van der Waals surface area (Å²) in [5.74, 6) is 1.07. The van der Waals surface area contributed by atoms with E-state index < -0.39 is 0 Å². The third kappa shape index (κ3) is 3.96. The summed E-state index contributed by atoms with van der Waals surface area (Å²) in [4.78, 5) is 13.6. The molecule has 0 spiro atoms. The van der Waals surface area contributed by atoms with Crippen LogP contribution in [-0.4, -0.2) is 43.3 Å². The zero-order valence-electron chi connectivity index (χ0n) is 10.8. The summed E-state index contributed by atoms with van der Waals surface area (Å²) >= 11 is 0. The molecule has 1 saturated heterocycles. The minimum Gasteiger partial charge on any atom is -0.381 e. The van der Waals surface area contributed by atoms with Crippen molar-refractivity contribution < 1.29 is 9.53 Å². The van der Waals surface area contributed by atoms with Gasteiger partial charge in [-0.1, -0.05) is 13.3 Å². The zero-order valence-corrected chi connectivity index (χ0v) is 10.8. The van der Waals surface area contributed by atoms with Crippen LogP contribution in [-0.2, 0) is 9.53 Å². The van der Waals surface area contributed by atoms with Crippen molar-refractivity contribution in [2.24, 2.45) is 5.92 Å². The fraction of sp³-hybridized carbons (Fsp3) is 0.923. The van der Waals surface area contributed by atoms with Gasteiger partial charge < -0.3 is 9.64 Å².